The highest BCUT2D eigenvalue weighted by molar-refractivity contribution is 5.92. The second kappa shape index (κ2) is 8.09. The highest BCUT2D eigenvalue weighted by Gasteiger charge is 2.30. The second-order valence-corrected chi connectivity index (χ2v) is 6.99. The number of hydrogen-bond donors (Lipinski definition) is 0. The molecule has 1 amide bonds. The Balaban J connectivity index is 1.61. The molecule has 0 aromatic heterocycles. The molecule has 1 saturated heterocycles. The molecule has 2 aromatic rings. The zero-order valence-corrected chi connectivity index (χ0v) is 16.0. The highest BCUT2D eigenvalue weighted by Crippen LogP contribution is 2.29. The Morgan fingerprint density at radius 1 is 1.00 bits per heavy atom. The molecule has 6 heteroatoms. The summed E-state index contributed by atoms with van der Waals surface area (Å²) in [5, 5.41) is 0. The maximum absolute atomic E-state index is 12.8. The molecule has 1 aliphatic heterocycles. The molecule has 1 fully saturated rings. The van der Waals surface area contributed by atoms with Crippen molar-refractivity contribution in [2.45, 2.75) is 20.0 Å². The molecule has 3 nitrogen and oxygen atoms in total. The molecule has 1 aliphatic rings. The molecule has 3 rings (SSSR count). The number of carbonyl (C=O) groups is 1. The van der Waals surface area contributed by atoms with E-state index in [0.717, 1.165) is 25.2 Å². The monoisotopic (exact) mass is 388 g/mol. The molecular formula is C22H23F3N2O. The van der Waals surface area contributed by atoms with Gasteiger partial charge in [0.2, 0.25) is 5.91 Å². The summed E-state index contributed by atoms with van der Waals surface area (Å²) in [5.74, 6) is -0.182. The largest absolute Gasteiger partial charge is 0.416 e. The summed E-state index contributed by atoms with van der Waals surface area (Å²) < 4.78 is 38.4. The zero-order chi connectivity index (χ0) is 20.3. The van der Waals surface area contributed by atoms with Gasteiger partial charge in [0.1, 0.15) is 0 Å². The van der Waals surface area contributed by atoms with Crippen molar-refractivity contribution >= 4 is 17.7 Å². The number of rotatable bonds is 3. The van der Waals surface area contributed by atoms with Gasteiger partial charge in [-0.15, -0.1) is 0 Å². The van der Waals surface area contributed by atoms with Gasteiger partial charge < -0.3 is 9.80 Å². The van der Waals surface area contributed by atoms with Crippen LogP contribution in [0.25, 0.3) is 6.08 Å². The molecule has 0 N–H and O–H groups in total. The van der Waals surface area contributed by atoms with Gasteiger partial charge in [-0.2, -0.15) is 13.2 Å². The van der Waals surface area contributed by atoms with Gasteiger partial charge in [-0.05, 0) is 54.8 Å². The number of hydrogen-bond acceptors (Lipinski definition) is 2. The summed E-state index contributed by atoms with van der Waals surface area (Å²) in [6, 6.07) is 11.2. The second-order valence-electron chi connectivity index (χ2n) is 6.99. The Hall–Kier alpha value is -2.76. The summed E-state index contributed by atoms with van der Waals surface area (Å²) in [6.45, 7) is 6.80. The van der Waals surface area contributed by atoms with Crippen LogP contribution in [0.3, 0.4) is 0 Å². The van der Waals surface area contributed by atoms with Crippen LogP contribution in [0.5, 0.6) is 0 Å². The first-order valence-electron chi connectivity index (χ1n) is 9.21. The van der Waals surface area contributed by atoms with Crippen molar-refractivity contribution in [2.75, 3.05) is 31.1 Å². The minimum absolute atomic E-state index is 0.182. The number of aryl methyl sites for hydroxylation is 1. The van der Waals surface area contributed by atoms with E-state index in [1.807, 2.05) is 6.07 Å². The van der Waals surface area contributed by atoms with Crippen LogP contribution in [0.2, 0.25) is 0 Å². The zero-order valence-electron chi connectivity index (χ0n) is 16.0. The molecule has 0 spiro atoms. The van der Waals surface area contributed by atoms with Gasteiger partial charge in [-0.1, -0.05) is 24.3 Å². The predicted octanol–water partition coefficient (Wildman–Crippen LogP) is 4.68. The van der Waals surface area contributed by atoms with Crippen molar-refractivity contribution in [3.63, 3.8) is 0 Å². The van der Waals surface area contributed by atoms with E-state index in [-0.39, 0.29) is 5.91 Å². The van der Waals surface area contributed by atoms with Crippen LogP contribution in [-0.2, 0) is 11.0 Å². The lowest BCUT2D eigenvalue weighted by Gasteiger charge is -2.36. The van der Waals surface area contributed by atoms with E-state index in [1.54, 1.807) is 11.0 Å². The van der Waals surface area contributed by atoms with Crippen molar-refractivity contribution in [1.29, 1.82) is 0 Å². The molecular weight excluding hydrogens is 365 g/mol. The Kier molecular flexibility index (Phi) is 5.77. The lowest BCUT2D eigenvalue weighted by molar-refractivity contribution is -0.137. The van der Waals surface area contributed by atoms with E-state index >= 15 is 0 Å². The van der Waals surface area contributed by atoms with Crippen molar-refractivity contribution in [3.05, 3.63) is 70.8 Å². The third-order valence-electron chi connectivity index (χ3n) is 5.14. The van der Waals surface area contributed by atoms with Crippen molar-refractivity contribution in [1.82, 2.24) is 4.90 Å². The highest BCUT2D eigenvalue weighted by atomic mass is 19.4. The minimum Gasteiger partial charge on any atom is -0.368 e. The Morgan fingerprint density at radius 3 is 2.36 bits per heavy atom. The Bertz CT molecular complexity index is 882. The topological polar surface area (TPSA) is 23.6 Å². The van der Waals surface area contributed by atoms with E-state index in [1.165, 1.54) is 35.0 Å². The lowest BCUT2D eigenvalue weighted by Crippen LogP contribution is -2.48. The maximum atomic E-state index is 12.8. The SMILES string of the molecule is Cc1cccc(N2CCN(C(=O)/C=C/c3cccc(C(F)(F)F)c3)CC2)c1C. The summed E-state index contributed by atoms with van der Waals surface area (Å²) in [5.41, 5.74) is 3.31. The van der Waals surface area contributed by atoms with Gasteiger partial charge in [-0.25, -0.2) is 0 Å². The van der Waals surface area contributed by atoms with Crippen LogP contribution in [0, 0.1) is 13.8 Å². The standard InChI is InChI=1S/C22H23F3N2O/c1-16-5-3-8-20(17(16)2)26-11-13-27(14-12-26)21(28)10-9-18-6-4-7-19(15-18)22(23,24)25/h3-10,15H,11-14H2,1-2H3/b10-9+. The van der Waals surface area contributed by atoms with Crippen molar-refractivity contribution < 1.29 is 18.0 Å². The number of piperazine rings is 1. The van der Waals surface area contributed by atoms with E-state index < -0.39 is 11.7 Å². The average Bonchev–Trinajstić information content (AvgIpc) is 2.68. The number of benzene rings is 2. The normalized spacial score (nSPS) is 15.3. The van der Waals surface area contributed by atoms with Gasteiger partial charge >= 0.3 is 6.18 Å². The van der Waals surface area contributed by atoms with Crippen molar-refractivity contribution in [2.24, 2.45) is 0 Å². The quantitative estimate of drug-likeness (QED) is 0.713. The first-order valence-corrected chi connectivity index (χ1v) is 9.21. The summed E-state index contributed by atoms with van der Waals surface area (Å²) in [6.07, 6.45) is -1.60. The van der Waals surface area contributed by atoms with Gasteiger partial charge in [0.25, 0.3) is 0 Å². The number of anilines is 1. The molecule has 0 unspecified atom stereocenters. The first-order chi connectivity index (χ1) is 13.3. The van der Waals surface area contributed by atoms with Crippen molar-refractivity contribution in [3.8, 4) is 0 Å². The molecule has 0 radical (unpaired) electrons. The minimum atomic E-state index is -4.39. The number of amides is 1. The summed E-state index contributed by atoms with van der Waals surface area (Å²) >= 11 is 0. The number of carbonyl (C=O) groups excluding carboxylic acids is 1. The fraction of sp³-hybridized carbons (Fsp3) is 0.318. The average molecular weight is 388 g/mol. The van der Waals surface area contributed by atoms with E-state index in [2.05, 4.69) is 30.9 Å². The van der Waals surface area contributed by atoms with Gasteiger partial charge in [0.15, 0.2) is 0 Å². The first kappa shape index (κ1) is 20.0. The fourth-order valence-electron chi connectivity index (χ4n) is 3.34. The van der Waals surface area contributed by atoms with E-state index in [4.69, 9.17) is 0 Å². The van der Waals surface area contributed by atoms with Crippen LogP contribution >= 0.6 is 0 Å². The molecule has 0 saturated carbocycles. The fourth-order valence-corrected chi connectivity index (χ4v) is 3.34. The van der Waals surface area contributed by atoms with Crippen LogP contribution in [0.4, 0.5) is 18.9 Å². The van der Waals surface area contributed by atoms with Gasteiger partial charge in [0, 0.05) is 37.9 Å². The molecule has 0 aliphatic carbocycles. The lowest BCUT2D eigenvalue weighted by atomic mass is 10.1. The summed E-state index contributed by atoms with van der Waals surface area (Å²) in [7, 11) is 0. The Labute approximate surface area is 163 Å². The molecule has 0 bridgehead atoms. The number of halogens is 3. The van der Waals surface area contributed by atoms with Crippen LogP contribution in [-0.4, -0.2) is 37.0 Å². The third kappa shape index (κ3) is 4.55. The van der Waals surface area contributed by atoms with Crippen LogP contribution in [0.15, 0.2) is 48.5 Å². The van der Waals surface area contributed by atoms with Crippen LogP contribution in [0.1, 0.15) is 22.3 Å². The molecule has 1 heterocycles. The third-order valence-corrected chi connectivity index (χ3v) is 5.14. The van der Waals surface area contributed by atoms with E-state index in [9.17, 15) is 18.0 Å². The van der Waals surface area contributed by atoms with E-state index in [0.29, 0.717) is 18.7 Å². The van der Waals surface area contributed by atoms with Crippen LogP contribution < -0.4 is 4.90 Å². The molecule has 28 heavy (non-hydrogen) atoms. The maximum Gasteiger partial charge on any atom is 0.416 e. The smallest absolute Gasteiger partial charge is 0.368 e. The molecule has 2 aromatic carbocycles. The predicted molar refractivity (Wildman–Crippen MR) is 105 cm³/mol. The molecule has 148 valence electrons. The number of nitrogens with zero attached hydrogens (tertiary/aromatic N) is 2. The Morgan fingerprint density at radius 2 is 1.68 bits per heavy atom. The summed E-state index contributed by atoms with van der Waals surface area (Å²) in [4.78, 5) is 16.4. The molecule has 0 atom stereocenters. The number of alkyl halides is 3. The van der Waals surface area contributed by atoms with Gasteiger partial charge in [-0.3, -0.25) is 4.79 Å². The van der Waals surface area contributed by atoms with Gasteiger partial charge in [0.05, 0.1) is 5.56 Å².